The zero-order valence-corrected chi connectivity index (χ0v) is 19.7. The molecule has 4 saturated heterocycles. The molecule has 6 rings (SSSR count). The lowest BCUT2D eigenvalue weighted by atomic mass is 9.57. The highest BCUT2D eigenvalue weighted by Crippen LogP contribution is 2.60. The fraction of sp³-hybridized carbons (Fsp3) is 0.731. The van der Waals surface area contributed by atoms with Crippen LogP contribution in [0.2, 0.25) is 0 Å². The first-order valence-electron chi connectivity index (χ1n) is 12.3. The number of carbonyl (C=O) groups is 1. The van der Waals surface area contributed by atoms with Crippen LogP contribution in [0.3, 0.4) is 0 Å². The van der Waals surface area contributed by atoms with Crippen LogP contribution in [0.5, 0.6) is 0 Å². The van der Waals surface area contributed by atoms with E-state index in [1.807, 2.05) is 32.0 Å². The van der Waals surface area contributed by atoms with Gasteiger partial charge in [-0.25, -0.2) is 14.6 Å². The summed E-state index contributed by atoms with van der Waals surface area (Å²) in [6.07, 6.45) is 5.40. The molecule has 2 unspecified atom stereocenters. The minimum Gasteiger partial charge on any atom is -0.462 e. The number of fused-ring (bicyclic) bond motifs is 2. The normalized spacial score (nSPS) is 42.8. The number of carbonyl (C=O) groups excluding carboxylic acids is 1. The van der Waals surface area contributed by atoms with Crippen LogP contribution >= 0.6 is 0 Å². The van der Waals surface area contributed by atoms with E-state index in [4.69, 9.17) is 24.0 Å². The predicted molar refractivity (Wildman–Crippen MR) is 118 cm³/mol. The van der Waals surface area contributed by atoms with Gasteiger partial charge in [0.25, 0.3) is 0 Å². The molecule has 4 heterocycles. The Kier molecular flexibility index (Phi) is 5.85. The SMILES string of the molecule is Cc1cccc(C(=O)OCCC[C@H]2OC3OC4(C)CC[C@H]5[C@H](C)CC[C@@H]([C@H]2C)[C@@]35OO4)c1. The van der Waals surface area contributed by atoms with Gasteiger partial charge in [0.1, 0.15) is 0 Å². The van der Waals surface area contributed by atoms with Crippen molar-refractivity contribution in [3.05, 3.63) is 35.4 Å². The lowest BCUT2D eigenvalue weighted by molar-refractivity contribution is -0.571. The fourth-order valence-corrected chi connectivity index (χ4v) is 6.61. The number of esters is 1. The number of rotatable bonds is 5. The minimum absolute atomic E-state index is 0.0499. The second-order valence-corrected chi connectivity index (χ2v) is 10.6. The van der Waals surface area contributed by atoms with Gasteiger partial charge in [-0.1, -0.05) is 31.5 Å². The molecule has 0 N–H and O–H groups in total. The first kappa shape index (κ1) is 22.3. The maximum atomic E-state index is 12.3. The van der Waals surface area contributed by atoms with Crippen molar-refractivity contribution >= 4 is 5.97 Å². The van der Waals surface area contributed by atoms with Crippen LogP contribution in [0.25, 0.3) is 0 Å². The van der Waals surface area contributed by atoms with Gasteiger partial charge in [0.15, 0.2) is 11.9 Å². The summed E-state index contributed by atoms with van der Waals surface area (Å²) in [5.74, 6) is 0.598. The Morgan fingerprint density at radius 1 is 1.16 bits per heavy atom. The standard InChI is InChI=1S/C26H36O6/c1-16-7-5-8-19(15-16)23(27)28-14-6-9-22-18(3)21-11-10-17(2)20-12-13-25(4)30-24(29-22)26(20,21)32-31-25/h5,7-8,15,17-18,20-22,24H,6,9-14H2,1-4H3/t17-,18-,20+,21+,22-,24?,25?,26-/m1/s1. The summed E-state index contributed by atoms with van der Waals surface area (Å²) in [4.78, 5) is 24.4. The van der Waals surface area contributed by atoms with Crippen molar-refractivity contribution in [2.24, 2.45) is 23.7 Å². The van der Waals surface area contributed by atoms with Crippen LogP contribution in [0.15, 0.2) is 24.3 Å². The molecule has 0 aromatic heterocycles. The first-order valence-corrected chi connectivity index (χ1v) is 12.3. The molecule has 2 bridgehead atoms. The third kappa shape index (κ3) is 3.69. The van der Waals surface area contributed by atoms with Crippen LogP contribution in [-0.4, -0.2) is 36.4 Å². The third-order valence-corrected chi connectivity index (χ3v) is 8.41. The number of hydrogen-bond donors (Lipinski definition) is 0. The molecule has 1 spiro atoms. The maximum absolute atomic E-state index is 12.3. The highest BCUT2D eigenvalue weighted by molar-refractivity contribution is 5.89. The number of aryl methyl sites for hydroxylation is 1. The predicted octanol–water partition coefficient (Wildman–Crippen LogP) is 5.18. The van der Waals surface area contributed by atoms with Gasteiger partial charge >= 0.3 is 5.97 Å². The van der Waals surface area contributed by atoms with E-state index in [1.54, 1.807) is 6.07 Å². The second-order valence-electron chi connectivity index (χ2n) is 10.6. The summed E-state index contributed by atoms with van der Waals surface area (Å²) in [6.45, 7) is 8.92. The van der Waals surface area contributed by atoms with Crippen molar-refractivity contribution in [2.75, 3.05) is 6.61 Å². The smallest absolute Gasteiger partial charge is 0.338 e. The molecule has 6 nitrogen and oxygen atoms in total. The van der Waals surface area contributed by atoms with Crippen molar-refractivity contribution in [2.45, 2.75) is 90.0 Å². The Morgan fingerprint density at radius 3 is 2.81 bits per heavy atom. The molecule has 5 aliphatic rings. The quantitative estimate of drug-likeness (QED) is 0.354. The lowest BCUT2D eigenvalue weighted by Crippen LogP contribution is -2.70. The van der Waals surface area contributed by atoms with Crippen LogP contribution in [0.1, 0.15) is 75.2 Å². The third-order valence-electron chi connectivity index (χ3n) is 8.41. The van der Waals surface area contributed by atoms with Crippen molar-refractivity contribution in [1.82, 2.24) is 0 Å². The zero-order chi connectivity index (χ0) is 22.5. The Morgan fingerprint density at radius 2 is 2.00 bits per heavy atom. The van der Waals surface area contributed by atoms with Gasteiger partial charge in [-0.3, -0.25) is 0 Å². The van der Waals surface area contributed by atoms with Crippen molar-refractivity contribution < 1.29 is 28.8 Å². The van der Waals surface area contributed by atoms with E-state index >= 15 is 0 Å². The molecule has 176 valence electrons. The Bertz CT molecular complexity index is 856. The first-order chi connectivity index (χ1) is 15.3. The second kappa shape index (κ2) is 8.39. The summed E-state index contributed by atoms with van der Waals surface area (Å²) >= 11 is 0. The number of ether oxygens (including phenoxy) is 3. The van der Waals surface area contributed by atoms with Gasteiger partial charge in [0.05, 0.1) is 18.3 Å². The van der Waals surface area contributed by atoms with Gasteiger partial charge < -0.3 is 14.2 Å². The molecule has 1 saturated carbocycles. The molecule has 4 aliphatic heterocycles. The summed E-state index contributed by atoms with van der Waals surface area (Å²) in [5, 5.41) is 0. The van der Waals surface area contributed by atoms with Crippen LogP contribution < -0.4 is 0 Å². The molecule has 0 radical (unpaired) electrons. The molecule has 5 fully saturated rings. The van der Waals surface area contributed by atoms with Crippen LogP contribution in [0.4, 0.5) is 0 Å². The van der Waals surface area contributed by atoms with Gasteiger partial charge in [-0.2, -0.15) is 0 Å². The monoisotopic (exact) mass is 444 g/mol. The van der Waals surface area contributed by atoms with E-state index in [9.17, 15) is 4.79 Å². The van der Waals surface area contributed by atoms with E-state index < -0.39 is 17.7 Å². The minimum atomic E-state index is -0.744. The molecule has 6 heteroatoms. The molecule has 32 heavy (non-hydrogen) atoms. The zero-order valence-electron chi connectivity index (χ0n) is 19.7. The van der Waals surface area contributed by atoms with E-state index in [1.165, 1.54) is 6.42 Å². The molecular weight excluding hydrogens is 408 g/mol. The topological polar surface area (TPSA) is 63.2 Å². The molecule has 1 aromatic carbocycles. The van der Waals surface area contributed by atoms with Crippen molar-refractivity contribution in [3.8, 4) is 0 Å². The van der Waals surface area contributed by atoms with E-state index in [-0.39, 0.29) is 12.1 Å². The number of hydrogen-bond acceptors (Lipinski definition) is 6. The number of benzene rings is 1. The summed E-state index contributed by atoms with van der Waals surface area (Å²) in [7, 11) is 0. The average Bonchev–Trinajstić information content (AvgIpc) is 3.00. The molecule has 8 atom stereocenters. The van der Waals surface area contributed by atoms with Gasteiger partial charge in [-0.05, 0) is 75.8 Å². The van der Waals surface area contributed by atoms with Gasteiger partial charge in [-0.15, -0.1) is 0 Å². The van der Waals surface area contributed by atoms with E-state index in [0.29, 0.717) is 35.8 Å². The molecule has 1 aromatic rings. The van der Waals surface area contributed by atoms with Gasteiger partial charge in [0, 0.05) is 12.3 Å². The maximum Gasteiger partial charge on any atom is 0.338 e. The Labute approximate surface area is 190 Å². The van der Waals surface area contributed by atoms with E-state index in [2.05, 4.69) is 13.8 Å². The Hall–Kier alpha value is -1.47. The average molecular weight is 445 g/mol. The van der Waals surface area contributed by atoms with Crippen LogP contribution in [-0.2, 0) is 24.0 Å². The molecular formula is C26H36O6. The van der Waals surface area contributed by atoms with E-state index in [0.717, 1.165) is 37.7 Å². The van der Waals surface area contributed by atoms with Crippen LogP contribution in [0, 0.1) is 30.6 Å². The highest BCUT2D eigenvalue weighted by Gasteiger charge is 2.69. The highest BCUT2D eigenvalue weighted by atomic mass is 17.3. The molecule has 1 aliphatic carbocycles. The van der Waals surface area contributed by atoms with Gasteiger partial charge in [0.2, 0.25) is 5.79 Å². The lowest BCUT2D eigenvalue weighted by Gasteiger charge is -2.60. The Balaban J connectivity index is 1.24. The summed E-state index contributed by atoms with van der Waals surface area (Å²) in [6, 6.07) is 7.50. The largest absolute Gasteiger partial charge is 0.462 e. The van der Waals surface area contributed by atoms with Crippen molar-refractivity contribution in [3.63, 3.8) is 0 Å². The fourth-order valence-electron chi connectivity index (χ4n) is 6.61. The summed E-state index contributed by atoms with van der Waals surface area (Å²) < 4.78 is 18.5. The summed E-state index contributed by atoms with van der Waals surface area (Å²) in [5.41, 5.74) is 1.14. The van der Waals surface area contributed by atoms with Crippen molar-refractivity contribution in [1.29, 1.82) is 0 Å². The molecule has 0 amide bonds.